The van der Waals surface area contributed by atoms with Gasteiger partial charge in [-0.2, -0.15) is 0 Å². The Kier molecular flexibility index (Phi) is 7.72. The van der Waals surface area contributed by atoms with Crippen molar-refractivity contribution in [2.45, 2.75) is 33.6 Å². The van der Waals surface area contributed by atoms with Crippen molar-refractivity contribution in [2.24, 2.45) is 11.8 Å². The third-order valence-electron chi connectivity index (χ3n) is 2.40. The largest absolute Gasteiger partial charge is 0.314 e. The van der Waals surface area contributed by atoms with E-state index in [1.165, 1.54) is 12.8 Å². The van der Waals surface area contributed by atoms with Crippen LogP contribution in [0.25, 0.3) is 0 Å². The second-order valence-corrected chi connectivity index (χ2v) is 3.44. The Balaban J connectivity index is 3.81. The van der Waals surface area contributed by atoms with Crippen LogP contribution < -0.4 is 0 Å². The molecule has 0 saturated heterocycles. The predicted octanol–water partition coefficient (Wildman–Crippen LogP) is 3.48. The molecule has 2 heteroatoms. The van der Waals surface area contributed by atoms with Crippen LogP contribution in [0.3, 0.4) is 0 Å². The molecule has 0 N–H and O–H groups in total. The van der Waals surface area contributed by atoms with Gasteiger partial charge in [-0.3, -0.25) is 0 Å². The number of allylic oxidation sites excluding steroid dienone is 1. The van der Waals surface area contributed by atoms with E-state index in [0.29, 0.717) is 12.5 Å². The molecule has 0 spiro atoms. The maximum atomic E-state index is 4.66. The standard InChI is InChI=1S/C10H20OS/c1-4-9(3)10(5-2)7-6-8-11-12/h6-7,9-10,12H,4-5,8H2,1-3H3/b7-6+/t9-,10?/m0/s1. The minimum absolute atomic E-state index is 0.607. The second kappa shape index (κ2) is 7.69. The third kappa shape index (κ3) is 4.83. The number of hydrogen-bond acceptors (Lipinski definition) is 2. The van der Waals surface area contributed by atoms with Gasteiger partial charge in [0, 0.05) is 0 Å². The van der Waals surface area contributed by atoms with Crippen molar-refractivity contribution >= 4 is 12.9 Å². The van der Waals surface area contributed by atoms with E-state index in [4.69, 9.17) is 0 Å². The van der Waals surface area contributed by atoms with E-state index in [1.807, 2.05) is 6.08 Å². The highest BCUT2D eigenvalue weighted by atomic mass is 32.1. The molecule has 0 heterocycles. The van der Waals surface area contributed by atoms with E-state index in [1.54, 1.807) is 0 Å². The lowest BCUT2D eigenvalue weighted by Gasteiger charge is -2.16. The molecule has 72 valence electrons. The van der Waals surface area contributed by atoms with Crippen molar-refractivity contribution in [3.63, 3.8) is 0 Å². The minimum Gasteiger partial charge on any atom is -0.314 e. The Labute approximate surface area is 81.8 Å². The Morgan fingerprint density at radius 1 is 1.33 bits per heavy atom. The smallest absolute Gasteiger partial charge is 0.0792 e. The summed E-state index contributed by atoms with van der Waals surface area (Å²) in [5, 5.41) is 0. The monoisotopic (exact) mass is 188 g/mol. The summed E-state index contributed by atoms with van der Waals surface area (Å²) in [7, 11) is 0. The highest BCUT2D eigenvalue weighted by molar-refractivity contribution is 7.75. The summed E-state index contributed by atoms with van der Waals surface area (Å²) in [5.41, 5.74) is 0. The maximum absolute atomic E-state index is 4.66. The Morgan fingerprint density at radius 2 is 2.00 bits per heavy atom. The lowest BCUT2D eigenvalue weighted by atomic mass is 9.89. The van der Waals surface area contributed by atoms with Crippen molar-refractivity contribution in [3.8, 4) is 0 Å². The van der Waals surface area contributed by atoms with E-state index in [0.717, 1.165) is 5.92 Å². The summed E-state index contributed by atoms with van der Waals surface area (Å²) in [6.07, 6.45) is 6.74. The SMILES string of the molecule is CCC(/C=C/COS)[C@@H](C)CC. The number of hydrogen-bond donors (Lipinski definition) is 1. The average molecular weight is 188 g/mol. The molecule has 0 aromatic rings. The van der Waals surface area contributed by atoms with Crippen LogP contribution in [0.4, 0.5) is 0 Å². The van der Waals surface area contributed by atoms with Gasteiger partial charge < -0.3 is 4.18 Å². The summed E-state index contributed by atoms with van der Waals surface area (Å²) in [6, 6.07) is 0. The van der Waals surface area contributed by atoms with Gasteiger partial charge in [0.1, 0.15) is 0 Å². The Hall–Kier alpha value is 0.0500. The summed E-state index contributed by atoms with van der Waals surface area (Å²) in [4.78, 5) is 0. The van der Waals surface area contributed by atoms with Crippen LogP contribution in [-0.2, 0) is 4.18 Å². The van der Waals surface area contributed by atoms with Crippen LogP contribution in [0.5, 0.6) is 0 Å². The van der Waals surface area contributed by atoms with Crippen LogP contribution in [0.15, 0.2) is 12.2 Å². The highest BCUT2D eigenvalue weighted by Crippen LogP contribution is 2.19. The second-order valence-electron chi connectivity index (χ2n) is 3.18. The van der Waals surface area contributed by atoms with Gasteiger partial charge in [-0.05, 0) is 31.2 Å². The fraction of sp³-hybridized carbons (Fsp3) is 0.800. The molecule has 0 radical (unpaired) electrons. The third-order valence-corrected chi connectivity index (χ3v) is 2.55. The lowest BCUT2D eigenvalue weighted by Crippen LogP contribution is -2.06. The molecule has 0 aromatic heterocycles. The van der Waals surface area contributed by atoms with Gasteiger partial charge in [0.2, 0.25) is 0 Å². The summed E-state index contributed by atoms with van der Waals surface area (Å²) < 4.78 is 4.66. The first-order valence-corrected chi connectivity index (χ1v) is 5.05. The molecule has 2 atom stereocenters. The van der Waals surface area contributed by atoms with Crippen molar-refractivity contribution < 1.29 is 4.18 Å². The van der Waals surface area contributed by atoms with E-state index >= 15 is 0 Å². The number of rotatable bonds is 6. The van der Waals surface area contributed by atoms with E-state index in [9.17, 15) is 0 Å². The molecular formula is C10H20OS. The highest BCUT2D eigenvalue weighted by Gasteiger charge is 2.09. The van der Waals surface area contributed by atoms with Crippen molar-refractivity contribution in [2.75, 3.05) is 6.61 Å². The number of thiol groups is 1. The topological polar surface area (TPSA) is 9.23 Å². The first kappa shape index (κ1) is 12.0. The quantitative estimate of drug-likeness (QED) is 0.381. The maximum Gasteiger partial charge on any atom is 0.0792 e. The molecule has 0 aliphatic heterocycles. The van der Waals surface area contributed by atoms with Gasteiger partial charge in [0.05, 0.1) is 6.61 Å². The van der Waals surface area contributed by atoms with E-state index in [-0.39, 0.29) is 0 Å². The minimum atomic E-state index is 0.607. The zero-order valence-corrected chi connectivity index (χ0v) is 9.18. The molecule has 0 amide bonds. The molecular weight excluding hydrogens is 168 g/mol. The summed E-state index contributed by atoms with van der Waals surface area (Å²) in [6.45, 7) is 7.36. The van der Waals surface area contributed by atoms with Crippen molar-refractivity contribution in [1.82, 2.24) is 0 Å². The van der Waals surface area contributed by atoms with Crippen molar-refractivity contribution in [1.29, 1.82) is 0 Å². The fourth-order valence-electron chi connectivity index (χ4n) is 1.30. The fourth-order valence-corrected chi connectivity index (χ4v) is 1.39. The average Bonchev–Trinajstić information content (AvgIpc) is 2.11. The van der Waals surface area contributed by atoms with Gasteiger partial charge in [0.25, 0.3) is 0 Å². The summed E-state index contributed by atoms with van der Waals surface area (Å²) in [5.74, 6) is 1.46. The summed E-state index contributed by atoms with van der Waals surface area (Å²) >= 11 is 3.68. The van der Waals surface area contributed by atoms with Gasteiger partial charge >= 0.3 is 0 Å². The van der Waals surface area contributed by atoms with Gasteiger partial charge in [0.15, 0.2) is 0 Å². The van der Waals surface area contributed by atoms with E-state index in [2.05, 4.69) is 43.9 Å². The molecule has 1 unspecified atom stereocenters. The molecule has 1 nitrogen and oxygen atoms in total. The Bertz CT molecular complexity index is 123. The van der Waals surface area contributed by atoms with Crippen LogP contribution in [0, 0.1) is 11.8 Å². The first-order chi connectivity index (χ1) is 5.76. The van der Waals surface area contributed by atoms with Crippen LogP contribution in [0.2, 0.25) is 0 Å². The van der Waals surface area contributed by atoms with E-state index < -0.39 is 0 Å². The van der Waals surface area contributed by atoms with Crippen molar-refractivity contribution in [3.05, 3.63) is 12.2 Å². The van der Waals surface area contributed by atoms with Crippen LogP contribution >= 0.6 is 12.9 Å². The Morgan fingerprint density at radius 3 is 2.42 bits per heavy atom. The zero-order chi connectivity index (χ0) is 9.40. The van der Waals surface area contributed by atoms with Gasteiger partial charge in [-0.15, -0.1) is 0 Å². The first-order valence-electron chi connectivity index (χ1n) is 4.69. The molecule has 0 fully saturated rings. The lowest BCUT2D eigenvalue weighted by molar-refractivity contribution is 0.398. The molecule has 0 bridgehead atoms. The molecule has 0 rings (SSSR count). The van der Waals surface area contributed by atoms with Crippen LogP contribution in [0.1, 0.15) is 33.6 Å². The predicted molar refractivity (Wildman–Crippen MR) is 57.3 cm³/mol. The zero-order valence-electron chi connectivity index (χ0n) is 8.29. The molecule has 0 aliphatic carbocycles. The molecule has 0 aromatic carbocycles. The van der Waals surface area contributed by atoms with Gasteiger partial charge in [-0.25, -0.2) is 0 Å². The van der Waals surface area contributed by atoms with Crippen LogP contribution in [-0.4, -0.2) is 6.61 Å². The molecule has 0 saturated carbocycles. The molecule has 0 aliphatic rings. The van der Waals surface area contributed by atoms with Gasteiger partial charge in [-0.1, -0.05) is 39.3 Å². The molecule has 12 heavy (non-hydrogen) atoms. The normalized spacial score (nSPS) is 16.7.